The van der Waals surface area contributed by atoms with Crippen LogP contribution in [-0.4, -0.2) is 61.8 Å². The SMILES string of the molecule is O.O=C(Nc1cccc(Cl)c1)OCC#CCCl.[Ca+2].[H-].[H-]. The Morgan fingerprint density at radius 2 is 2.17 bits per heavy atom. The summed E-state index contributed by atoms with van der Waals surface area (Å²) in [5.41, 5.74) is 0.572. The second-order valence-electron chi connectivity index (χ2n) is 2.70. The molecule has 0 fully saturated rings. The largest absolute Gasteiger partial charge is 2.00 e. The third-order valence-corrected chi connectivity index (χ3v) is 1.91. The fourth-order valence-corrected chi connectivity index (χ4v) is 1.20. The average molecular weight is 318 g/mol. The number of amides is 1. The standard InChI is InChI=1S/C11H9Cl2NO2.Ca.H2O.2H/c12-6-1-2-7-16-11(15)14-10-5-3-4-9(13)8-10;;;;/h3-5,8H,6-7H2,(H,14,15);;1H2;;/q;+2;;2*-1. The number of hydrogen-bond donors (Lipinski definition) is 1. The van der Waals surface area contributed by atoms with Crippen molar-refractivity contribution in [3.05, 3.63) is 29.3 Å². The summed E-state index contributed by atoms with van der Waals surface area (Å²) in [6.07, 6.45) is -0.578. The normalized spacial score (nSPS) is 7.89. The van der Waals surface area contributed by atoms with Gasteiger partial charge in [-0.05, 0) is 18.2 Å². The van der Waals surface area contributed by atoms with Gasteiger partial charge in [0.1, 0.15) is 0 Å². The predicted molar refractivity (Wildman–Crippen MR) is 76.5 cm³/mol. The van der Waals surface area contributed by atoms with Crippen molar-refractivity contribution in [2.45, 2.75) is 0 Å². The zero-order chi connectivity index (χ0) is 11.8. The van der Waals surface area contributed by atoms with Gasteiger partial charge in [-0.2, -0.15) is 0 Å². The molecule has 0 atom stereocenters. The quantitative estimate of drug-likeness (QED) is 0.516. The fraction of sp³-hybridized carbons (Fsp3) is 0.182. The van der Waals surface area contributed by atoms with Crippen molar-refractivity contribution < 1.29 is 17.9 Å². The molecule has 0 unspecified atom stereocenters. The van der Waals surface area contributed by atoms with E-state index in [-0.39, 0.29) is 58.6 Å². The van der Waals surface area contributed by atoms with Crippen LogP contribution in [0, 0.1) is 11.8 Å². The molecular weight excluding hydrogens is 305 g/mol. The van der Waals surface area contributed by atoms with Gasteiger partial charge < -0.3 is 13.1 Å². The van der Waals surface area contributed by atoms with Crippen LogP contribution in [0.5, 0.6) is 0 Å². The van der Waals surface area contributed by atoms with Crippen molar-refractivity contribution in [3.8, 4) is 11.8 Å². The second kappa shape index (κ2) is 11.9. The molecule has 0 bridgehead atoms. The van der Waals surface area contributed by atoms with E-state index in [4.69, 9.17) is 27.9 Å². The molecule has 18 heavy (non-hydrogen) atoms. The first-order chi connectivity index (χ1) is 7.72. The number of hydrogen-bond acceptors (Lipinski definition) is 2. The van der Waals surface area contributed by atoms with E-state index in [2.05, 4.69) is 17.2 Å². The average Bonchev–Trinajstić information content (AvgIpc) is 2.24. The molecule has 7 heteroatoms. The maximum absolute atomic E-state index is 11.2. The van der Waals surface area contributed by atoms with E-state index in [1.54, 1.807) is 24.3 Å². The van der Waals surface area contributed by atoms with Crippen LogP contribution in [0.3, 0.4) is 0 Å². The number of carbonyl (C=O) groups excluding carboxylic acids is 1. The first-order valence-electron chi connectivity index (χ1n) is 4.43. The zero-order valence-corrected chi connectivity index (χ0v) is 13.2. The number of halogens is 2. The van der Waals surface area contributed by atoms with Crippen LogP contribution in [0.25, 0.3) is 0 Å². The van der Waals surface area contributed by atoms with Crippen molar-refractivity contribution in [2.75, 3.05) is 17.8 Å². The molecule has 0 spiro atoms. The summed E-state index contributed by atoms with van der Waals surface area (Å²) in [6, 6.07) is 6.76. The van der Waals surface area contributed by atoms with Crippen molar-refractivity contribution in [2.24, 2.45) is 0 Å². The summed E-state index contributed by atoms with van der Waals surface area (Å²) in [6.45, 7) is 0.0130. The van der Waals surface area contributed by atoms with E-state index in [0.717, 1.165) is 0 Å². The molecule has 0 aliphatic rings. The van der Waals surface area contributed by atoms with Gasteiger partial charge in [-0.15, -0.1) is 11.6 Å². The van der Waals surface area contributed by atoms with Crippen LogP contribution in [0.4, 0.5) is 10.5 Å². The minimum Gasteiger partial charge on any atom is -1.00 e. The van der Waals surface area contributed by atoms with E-state index in [9.17, 15) is 4.79 Å². The minimum atomic E-state index is -0.578. The summed E-state index contributed by atoms with van der Waals surface area (Å²) in [5.74, 6) is 5.36. The summed E-state index contributed by atoms with van der Waals surface area (Å²) < 4.78 is 4.76. The molecule has 0 aromatic heterocycles. The Balaban J connectivity index is -0.000000320. The molecule has 4 nitrogen and oxygen atoms in total. The van der Waals surface area contributed by atoms with Gasteiger partial charge in [-0.25, -0.2) is 4.79 Å². The summed E-state index contributed by atoms with van der Waals surface area (Å²) in [7, 11) is 0. The number of ether oxygens (including phenoxy) is 1. The third-order valence-electron chi connectivity index (χ3n) is 1.54. The van der Waals surface area contributed by atoms with Gasteiger partial charge in [0.25, 0.3) is 0 Å². The fourth-order valence-electron chi connectivity index (χ4n) is 0.920. The molecular formula is C11H13CaCl2NO3. The van der Waals surface area contributed by atoms with Crippen LogP contribution in [-0.2, 0) is 4.74 Å². The Hall–Kier alpha value is -0.150. The number of alkyl halides is 1. The van der Waals surface area contributed by atoms with Gasteiger partial charge >= 0.3 is 43.8 Å². The van der Waals surface area contributed by atoms with E-state index in [0.29, 0.717) is 10.7 Å². The summed E-state index contributed by atoms with van der Waals surface area (Å²) >= 11 is 11.1. The van der Waals surface area contributed by atoms with E-state index in [1.807, 2.05) is 0 Å². The maximum atomic E-state index is 11.2. The second-order valence-corrected chi connectivity index (χ2v) is 3.40. The van der Waals surface area contributed by atoms with Crippen LogP contribution in [0.15, 0.2) is 24.3 Å². The number of anilines is 1. The van der Waals surface area contributed by atoms with Gasteiger partial charge in [0, 0.05) is 10.7 Å². The monoisotopic (exact) mass is 317 g/mol. The topological polar surface area (TPSA) is 69.8 Å². The van der Waals surface area contributed by atoms with E-state index < -0.39 is 6.09 Å². The number of rotatable bonds is 2. The molecule has 1 amide bonds. The smallest absolute Gasteiger partial charge is 1.00 e. The van der Waals surface area contributed by atoms with Crippen molar-refractivity contribution in [1.29, 1.82) is 0 Å². The Kier molecular flexibility index (Phi) is 13.4. The minimum absolute atomic E-state index is 0. The van der Waals surface area contributed by atoms with Crippen molar-refractivity contribution >= 4 is 72.7 Å². The molecule has 3 N–H and O–H groups in total. The maximum Gasteiger partial charge on any atom is 2.00 e. The van der Waals surface area contributed by atoms with Crippen LogP contribution >= 0.6 is 23.2 Å². The number of nitrogens with one attached hydrogen (secondary N) is 1. The van der Waals surface area contributed by atoms with Crippen molar-refractivity contribution in [3.63, 3.8) is 0 Å². The Bertz CT molecular complexity index is 441. The van der Waals surface area contributed by atoms with Gasteiger partial charge in [0.15, 0.2) is 6.61 Å². The molecule has 0 saturated heterocycles. The molecule has 0 aliphatic carbocycles. The van der Waals surface area contributed by atoms with Gasteiger partial charge in [-0.3, -0.25) is 5.32 Å². The molecule has 1 rings (SSSR count). The molecule has 0 heterocycles. The molecule has 0 saturated carbocycles. The van der Waals surface area contributed by atoms with Crippen LogP contribution in [0.2, 0.25) is 5.02 Å². The van der Waals surface area contributed by atoms with E-state index >= 15 is 0 Å². The predicted octanol–water partition coefficient (Wildman–Crippen LogP) is 2.15. The van der Waals surface area contributed by atoms with Gasteiger partial charge in [-0.1, -0.05) is 29.5 Å². The molecule has 0 aliphatic heterocycles. The number of benzene rings is 1. The summed E-state index contributed by atoms with van der Waals surface area (Å²) in [4.78, 5) is 11.2. The van der Waals surface area contributed by atoms with Gasteiger partial charge in [0.2, 0.25) is 0 Å². The first-order valence-corrected chi connectivity index (χ1v) is 5.34. The molecule has 1 aromatic carbocycles. The van der Waals surface area contributed by atoms with Crippen LogP contribution in [0.1, 0.15) is 2.85 Å². The molecule has 0 radical (unpaired) electrons. The summed E-state index contributed by atoms with van der Waals surface area (Å²) in [5, 5.41) is 3.05. The van der Waals surface area contributed by atoms with Crippen LogP contribution < -0.4 is 5.32 Å². The van der Waals surface area contributed by atoms with Gasteiger partial charge in [0.05, 0.1) is 5.88 Å². The Morgan fingerprint density at radius 1 is 1.44 bits per heavy atom. The first kappa shape index (κ1) is 20.2. The molecule has 1 aromatic rings. The Labute approximate surface area is 148 Å². The van der Waals surface area contributed by atoms with E-state index in [1.165, 1.54) is 0 Å². The zero-order valence-electron chi connectivity index (χ0n) is 11.5. The third kappa shape index (κ3) is 8.87. The van der Waals surface area contributed by atoms with Crippen molar-refractivity contribution in [1.82, 2.24) is 0 Å². The Morgan fingerprint density at radius 3 is 2.78 bits per heavy atom. The number of carbonyl (C=O) groups is 1. The molecule has 96 valence electrons.